The minimum Gasteiger partial charge on any atom is -0.506 e. The van der Waals surface area contributed by atoms with Crippen LogP contribution in [0.15, 0.2) is 35.7 Å². The number of piperidine rings is 1. The smallest absolute Gasteiger partial charge is 0.273 e. The van der Waals surface area contributed by atoms with Gasteiger partial charge in [-0.15, -0.1) is 11.3 Å². The second kappa shape index (κ2) is 21.5. The highest BCUT2D eigenvalue weighted by molar-refractivity contribution is 7.09. The number of carbonyl (C=O) groups is 3. The molecule has 0 radical (unpaired) electrons. The Balaban J connectivity index is 0.876. The zero-order chi connectivity index (χ0) is 40.9. The molecule has 3 amide bonds. The molecular weight excluding hydrogens is 778 g/mol. The number of morpholine rings is 1. The number of halogens is 1. The Labute approximate surface area is 352 Å². The molecule has 12 nitrogen and oxygen atoms in total. The zero-order valence-corrected chi connectivity index (χ0v) is 35.8. The molecule has 58 heavy (non-hydrogen) atoms. The fourth-order valence-corrected chi connectivity index (χ4v) is 9.06. The van der Waals surface area contributed by atoms with Crippen molar-refractivity contribution in [3.05, 3.63) is 68.1 Å². The summed E-state index contributed by atoms with van der Waals surface area (Å²) in [6.07, 6.45) is 10.3. The largest absolute Gasteiger partial charge is 0.506 e. The van der Waals surface area contributed by atoms with E-state index in [1.54, 1.807) is 17.4 Å². The quantitative estimate of drug-likeness (QED) is 0.0890. The average Bonchev–Trinajstić information content (AvgIpc) is 3.72. The summed E-state index contributed by atoms with van der Waals surface area (Å²) >= 11 is 8.50. The summed E-state index contributed by atoms with van der Waals surface area (Å²) in [7, 11) is 0. The maximum Gasteiger partial charge on any atom is 0.273 e. The van der Waals surface area contributed by atoms with Crippen molar-refractivity contribution < 1.29 is 33.7 Å². The fraction of sp³-hybridized carbons (Fsp3) is 0.591. The Hall–Kier alpha value is -3.75. The van der Waals surface area contributed by atoms with E-state index in [0.717, 1.165) is 124 Å². The van der Waals surface area contributed by atoms with Crippen LogP contribution in [0.2, 0.25) is 5.02 Å². The van der Waals surface area contributed by atoms with Crippen molar-refractivity contribution in [1.82, 2.24) is 19.7 Å². The number of aromatic nitrogens is 1. The van der Waals surface area contributed by atoms with Crippen molar-refractivity contribution in [2.24, 2.45) is 0 Å². The van der Waals surface area contributed by atoms with Gasteiger partial charge in [-0.1, -0.05) is 69.0 Å². The molecule has 3 aliphatic heterocycles. The van der Waals surface area contributed by atoms with E-state index in [0.29, 0.717) is 62.9 Å². The van der Waals surface area contributed by atoms with Gasteiger partial charge in [-0.05, 0) is 74.1 Å². The van der Waals surface area contributed by atoms with Gasteiger partial charge in [-0.2, -0.15) is 0 Å². The number of phenols is 1. The van der Waals surface area contributed by atoms with Gasteiger partial charge in [-0.25, -0.2) is 4.98 Å². The Morgan fingerprint density at radius 2 is 1.79 bits per heavy atom. The number of benzene rings is 2. The number of hydrogen-bond acceptors (Lipinski definition) is 10. The van der Waals surface area contributed by atoms with Crippen LogP contribution in [0, 0.1) is 0 Å². The number of anilines is 1. The number of nitrogens with zero attached hydrogens (tertiary/aromatic N) is 4. The standard InChI is InChI=1S/C44H60ClN5O7S/c1-3-5-20-49(21-9-7-6-8-11-33-14-15-36(51)41-42(33)56-29-37(52)47-41)39(53)17-26-55-25-16-32-12-10-13-34(40(32)45)28-48-22-18-44(19-23-48)31-50(24-27-57-44)43(54)35-30-58-38(4-2)46-35/h10,12-15,30,51H,3-9,11,16-29,31H2,1-2H3,(H,47,52). The van der Waals surface area contributed by atoms with Gasteiger partial charge in [0.05, 0.1) is 43.4 Å². The molecule has 0 bridgehead atoms. The molecule has 6 rings (SSSR count). The molecule has 14 heteroatoms. The van der Waals surface area contributed by atoms with Gasteiger partial charge in [0.1, 0.15) is 17.1 Å². The van der Waals surface area contributed by atoms with E-state index in [4.69, 9.17) is 25.8 Å². The number of amides is 3. The number of fused-ring (bicyclic) bond motifs is 1. The van der Waals surface area contributed by atoms with Crippen molar-refractivity contribution in [1.29, 1.82) is 0 Å². The number of unbranched alkanes of at least 4 members (excludes halogenated alkanes) is 4. The average molecular weight is 839 g/mol. The number of likely N-dealkylation sites (tertiary alicyclic amines) is 1. The minimum absolute atomic E-state index is 0.00583. The van der Waals surface area contributed by atoms with E-state index in [9.17, 15) is 19.5 Å². The molecule has 1 aromatic heterocycles. The Morgan fingerprint density at radius 1 is 1.00 bits per heavy atom. The molecule has 2 aromatic carbocycles. The van der Waals surface area contributed by atoms with Crippen LogP contribution in [0.25, 0.3) is 0 Å². The number of rotatable bonds is 20. The third-order valence-corrected chi connectivity index (χ3v) is 13.0. The molecule has 0 unspecified atom stereocenters. The maximum atomic E-state index is 13.2. The lowest BCUT2D eigenvalue weighted by Crippen LogP contribution is -2.58. The first-order chi connectivity index (χ1) is 28.2. The molecule has 316 valence electrons. The molecule has 2 N–H and O–H groups in total. The van der Waals surface area contributed by atoms with Gasteiger partial charge in [0, 0.05) is 49.7 Å². The Kier molecular flexibility index (Phi) is 16.2. The number of nitrogens with one attached hydrogen (secondary N) is 1. The van der Waals surface area contributed by atoms with Crippen LogP contribution in [0.3, 0.4) is 0 Å². The predicted octanol–water partition coefficient (Wildman–Crippen LogP) is 7.28. The first-order valence-corrected chi connectivity index (χ1v) is 22.4. The van der Waals surface area contributed by atoms with Gasteiger partial charge in [-0.3, -0.25) is 19.3 Å². The van der Waals surface area contributed by atoms with E-state index in [-0.39, 0.29) is 35.7 Å². The topological polar surface area (TPSA) is 134 Å². The summed E-state index contributed by atoms with van der Waals surface area (Å²) in [5.41, 5.74) is 3.71. The van der Waals surface area contributed by atoms with Crippen LogP contribution < -0.4 is 10.1 Å². The molecule has 0 atom stereocenters. The molecule has 2 fully saturated rings. The molecule has 3 aromatic rings. The van der Waals surface area contributed by atoms with Gasteiger partial charge in [0.15, 0.2) is 12.4 Å². The van der Waals surface area contributed by atoms with Gasteiger partial charge in [0.2, 0.25) is 5.91 Å². The normalized spacial score (nSPS) is 16.5. The van der Waals surface area contributed by atoms with E-state index in [1.807, 2.05) is 21.2 Å². The van der Waals surface area contributed by atoms with E-state index in [2.05, 4.69) is 47.2 Å². The van der Waals surface area contributed by atoms with Crippen molar-refractivity contribution in [3.63, 3.8) is 0 Å². The number of aromatic hydroxyl groups is 1. The van der Waals surface area contributed by atoms with Gasteiger partial charge < -0.3 is 34.4 Å². The molecule has 4 heterocycles. The molecular formula is C44H60ClN5O7S. The van der Waals surface area contributed by atoms with Gasteiger partial charge in [0.25, 0.3) is 11.8 Å². The van der Waals surface area contributed by atoms with Crippen molar-refractivity contribution >= 4 is 46.3 Å². The molecule has 0 aliphatic carbocycles. The van der Waals surface area contributed by atoms with Crippen LogP contribution in [0.4, 0.5) is 5.69 Å². The number of ether oxygens (including phenoxy) is 3. The van der Waals surface area contributed by atoms with Crippen LogP contribution in [-0.2, 0) is 44.9 Å². The lowest BCUT2D eigenvalue weighted by Gasteiger charge is -2.47. The zero-order valence-electron chi connectivity index (χ0n) is 34.2. The number of carbonyl (C=O) groups excluding carboxylic acids is 3. The lowest BCUT2D eigenvalue weighted by molar-refractivity contribution is -0.132. The molecule has 2 saturated heterocycles. The van der Waals surface area contributed by atoms with Crippen LogP contribution in [0.1, 0.15) is 104 Å². The summed E-state index contributed by atoms with van der Waals surface area (Å²) in [5, 5.41) is 16.5. The maximum absolute atomic E-state index is 13.2. The van der Waals surface area contributed by atoms with Crippen LogP contribution in [-0.4, -0.2) is 114 Å². The SMILES string of the molecule is CCCCN(CCCCCCc1ccc(O)c2c1OCC(=O)N2)C(=O)CCOCCc1cccc(CN2CCC3(CC2)CN(C(=O)c2csc(CC)n2)CCO3)c1Cl. The van der Waals surface area contributed by atoms with E-state index >= 15 is 0 Å². The lowest BCUT2D eigenvalue weighted by atomic mass is 9.89. The highest BCUT2D eigenvalue weighted by Gasteiger charge is 2.41. The number of thiazole rings is 1. The third kappa shape index (κ3) is 11.7. The van der Waals surface area contributed by atoms with Gasteiger partial charge >= 0.3 is 0 Å². The first-order valence-electron chi connectivity index (χ1n) is 21.2. The highest BCUT2D eigenvalue weighted by atomic mass is 35.5. The fourth-order valence-electron chi connectivity index (χ4n) is 8.06. The third-order valence-electron chi connectivity index (χ3n) is 11.5. The summed E-state index contributed by atoms with van der Waals surface area (Å²) < 4.78 is 17.9. The Morgan fingerprint density at radius 3 is 2.59 bits per heavy atom. The van der Waals surface area contributed by atoms with Crippen molar-refractivity contribution in [3.8, 4) is 11.5 Å². The van der Waals surface area contributed by atoms with Crippen molar-refractivity contribution in [2.45, 2.75) is 103 Å². The summed E-state index contributed by atoms with van der Waals surface area (Å²) in [5.74, 6) is 0.452. The highest BCUT2D eigenvalue weighted by Crippen LogP contribution is 2.40. The summed E-state index contributed by atoms with van der Waals surface area (Å²) in [6.45, 7) is 10.8. The summed E-state index contributed by atoms with van der Waals surface area (Å²) in [6, 6.07) is 9.66. The van der Waals surface area contributed by atoms with Crippen molar-refractivity contribution in [2.75, 3.05) is 71.0 Å². The number of aryl methyl sites for hydroxylation is 2. The molecule has 3 aliphatic rings. The molecule has 0 saturated carbocycles. The van der Waals surface area contributed by atoms with Crippen LogP contribution >= 0.6 is 22.9 Å². The predicted molar refractivity (Wildman–Crippen MR) is 227 cm³/mol. The number of phenolic OH excluding ortho intramolecular Hbond substituents is 1. The first kappa shape index (κ1) is 43.8. The number of hydrogen-bond donors (Lipinski definition) is 2. The Bertz CT molecular complexity index is 1850. The van der Waals surface area contributed by atoms with E-state index < -0.39 is 0 Å². The molecule has 1 spiro atoms. The van der Waals surface area contributed by atoms with E-state index in [1.165, 1.54) is 0 Å². The summed E-state index contributed by atoms with van der Waals surface area (Å²) in [4.78, 5) is 49.0. The second-order valence-electron chi connectivity index (χ2n) is 15.7. The van der Waals surface area contributed by atoms with Crippen LogP contribution in [0.5, 0.6) is 11.5 Å². The minimum atomic E-state index is -0.318. The second-order valence-corrected chi connectivity index (χ2v) is 17.0. The monoisotopic (exact) mass is 837 g/mol.